The molecule has 0 aliphatic heterocycles. The van der Waals surface area contributed by atoms with Gasteiger partial charge in [0, 0.05) is 24.8 Å². The first kappa shape index (κ1) is 13.5. The molecule has 1 aromatic rings. The SMILES string of the molecule is Cc1cccnc1CNC(=O)N[C@@H]1C=C[C@H](CO)C1. The number of aromatic nitrogens is 1. The van der Waals surface area contributed by atoms with E-state index in [1.54, 1.807) is 6.20 Å². The number of nitrogens with one attached hydrogen (secondary N) is 2. The molecule has 0 spiro atoms. The Hall–Kier alpha value is -1.88. The van der Waals surface area contributed by atoms with E-state index in [0.29, 0.717) is 6.54 Å². The van der Waals surface area contributed by atoms with Crippen molar-refractivity contribution < 1.29 is 9.90 Å². The molecule has 0 saturated heterocycles. The van der Waals surface area contributed by atoms with Crippen molar-refractivity contribution >= 4 is 6.03 Å². The maximum atomic E-state index is 11.7. The summed E-state index contributed by atoms with van der Waals surface area (Å²) in [5, 5.41) is 14.7. The molecule has 1 heterocycles. The number of hydrogen-bond donors (Lipinski definition) is 3. The summed E-state index contributed by atoms with van der Waals surface area (Å²) >= 11 is 0. The highest BCUT2D eigenvalue weighted by atomic mass is 16.3. The Bertz CT molecular complexity index is 474. The number of aliphatic hydroxyl groups excluding tert-OH is 1. The van der Waals surface area contributed by atoms with Crippen LogP contribution < -0.4 is 10.6 Å². The third-order valence-electron chi connectivity index (χ3n) is 3.26. The summed E-state index contributed by atoms with van der Waals surface area (Å²) in [6.45, 7) is 2.51. The first-order chi connectivity index (χ1) is 9.19. The van der Waals surface area contributed by atoms with Gasteiger partial charge in [0.25, 0.3) is 0 Å². The lowest BCUT2D eigenvalue weighted by molar-refractivity contribution is 0.231. The molecule has 0 unspecified atom stereocenters. The molecule has 0 bridgehead atoms. The van der Waals surface area contributed by atoms with Crippen LogP contribution in [0.25, 0.3) is 0 Å². The van der Waals surface area contributed by atoms with Crippen LogP contribution >= 0.6 is 0 Å². The summed E-state index contributed by atoms with van der Waals surface area (Å²) < 4.78 is 0. The number of urea groups is 1. The zero-order chi connectivity index (χ0) is 13.7. The molecule has 1 aliphatic rings. The van der Waals surface area contributed by atoms with E-state index < -0.39 is 0 Å². The van der Waals surface area contributed by atoms with Crippen LogP contribution in [0.1, 0.15) is 17.7 Å². The number of pyridine rings is 1. The second-order valence-electron chi connectivity index (χ2n) is 4.76. The van der Waals surface area contributed by atoms with Crippen LogP contribution in [0.5, 0.6) is 0 Å². The molecule has 3 N–H and O–H groups in total. The Morgan fingerprint density at radius 1 is 1.53 bits per heavy atom. The Morgan fingerprint density at radius 3 is 3.05 bits per heavy atom. The lowest BCUT2D eigenvalue weighted by Crippen LogP contribution is -2.40. The number of aryl methyl sites for hydroxylation is 1. The number of rotatable bonds is 4. The minimum Gasteiger partial charge on any atom is -0.396 e. The van der Waals surface area contributed by atoms with Crippen LogP contribution in [0.15, 0.2) is 30.5 Å². The molecular weight excluding hydrogens is 242 g/mol. The average Bonchev–Trinajstić information content (AvgIpc) is 2.85. The van der Waals surface area contributed by atoms with E-state index in [9.17, 15) is 4.79 Å². The van der Waals surface area contributed by atoms with Crippen LogP contribution in [-0.4, -0.2) is 28.8 Å². The van der Waals surface area contributed by atoms with Crippen molar-refractivity contribution in [2.75, 3.05) is 6.61 Å². The standard InChI is InChI=1S/C14H19N3O2/c1-10-3-2-6-15-13(10)8-16-14(19)17-12-5-4-11(7-12)9-18/h2-6,11-12,18H,7-9H2,1H3,(H2,16,17,19)/t11-,12+/m0/s1. The van der Waals surface area contributed by atoms with Crippen molar-refractivity contribution in [2.24, 2.45) is 5.92 Å². The van der Waals surface area contributed by atoms with Crippen molar-refractivity contribution in [1.82, 2.24) is 15.6 Å². The van der Waals surface area contributed by atoms with E-state index >= 15 is 0 Å². The largest absolute Gasteiger partial charge is 0.396 e. The molecule has 5 nitrogen and oxygen atoms in total. The summed E-state index contributed by atoms with van der Waals surface area (Å²) in [6, 6.07) is 3.63. The van der Waals surface area contributed by atoms with Gasteiger partial charge < -0.3 is 15.7 Å². The van der Waals surface area contributed by atoms with Crippen molar-refractivity contribution in [1.29, 1.82) is 0 Å². The van der Waals surface area contributed by atoms with Gasteiger partial charge in [0.05, 0.1) is 12.2 Å². The molecule has 2 amide bonds. The van der Waals surface area contributed by atoms with Gasteiger partial charge in [-0.15, -0.1) is 0 Å². The highest BCUT2D eigenvalue weighted by Gasteiger charge is 2.19. The van der Waals surface area contributed by atoms with Gasteiger partial charge in [0.2, 0.25) is 0 Å². The fraction of sp³-hybridized carbons (Fsp3) is 0.429. The molecule has 0 saturated carbocycles. The van der Waals surface area contributed by atoms with Crippen LogP contribution in [-0.2, 0) is 6.54 Å². The zero-order valence-corrected chi connectivity index (χ0v) is 11.0. The number of hydrogen-bond acceptors (Lipinski definition) is 3. The number of aliphatic hydroxyl groups is 1. The summed E-state index contributed by atoms with van der Waals surface area (Å²) in [4.78, 5) is 16.0. The quantitative estimate of drug-likeness (QED) is 0.711. The number of nitrogens with zero attached hydrogens (tertiary/aromatic N) is 1. The Labute approximate surface area is 112 Å². The van der Waals surface area contributed by atoms with E-state index in [2.05, 4.69) is 15.6 Å². The van der Waals surface area contributed by atoms with Gasteiger partial charge in [-0.2, -0.15) is 0 Å². The molecule has 1 aliphatic carbocycles. The second-order valence-corrected chi connectivity index (χ2v) is 4.76. The molecule has 2 atom stereocenters. The fourth-order valence-corrected chi connectivity index (χ4v) is 2.10. The first-order valence-corrected chi connectivity index (χ1v) is 6.43. The summed E-state index contributed by atoms with van der Waals surface area (Å²) in [7, 11) is 0. The lowest BCUT2D eigenvalue weighted by Gasteiger charge is -2.13. The first-order valence-electron chi connectivity index (χ1n) is 6.43. The van der Waals surface area contributed by atoms with E-state index in [0.717, 1.165) is 17.7 Å². The Balaban J connectivity index is 1.77. The number of carbonyl (C=O) groups is 1. The average molecular weight is 261 g/mol. The van der Waals surface area contributed by atoms with Crippen LogP contribution in [0, 0.1) is 12.8 Å². The second kappa shape index (κ2) is 6.33. The zero-order valence-electron chi connectivity index (χ0n) is 11.0. The van der Waals surface area contributed by atoms with Gasteiger partial charge in [0.1, 0.15) is 0 Å². The van der Waals surface area contributed by atoms with Crippen molar-refractivity contribution in [3.05, 3.63) is 41.7 Å². The maximum absolute atomic E-state index is 11.7. The predicted octanol–water partition coefficient (Wildman–Crippen LogP) is 1.13. The van der Waals surface area contributed by atoms with Gasteiger partial charge >= 0.3 is 6.03 Å². The van der Waals surface area contributed by atoms with Gasteiger partial charge in [-0.05, 0) is 25.0 Å². The van der Waals surface area contributed by atoms with Gasteiger partial charge in [-0.25, -0.2) is 4.79 Å². The number of carbonyl (C=O) groups excluding carboxylic acids is 1. The van der Waals surface area contributed by atoms with E-state index in [-0.39, 0.29) is 24.6 Å². The number of amides is 2. The summed E-state index contributed by atoms with van der Waals surface area (Å²) in [5.74, 6) is 0.156. The predicted molar refractivity (Wildman–Crippen MR) is 72.5 cm³/mol. The molecule has 19 heavy (non-hydrogen) atoms. The fourth-order valence-electron chi connectivity index (χ4n) is 2.10. The Morgan fingerprint density at radius 2 is 2.37 bits per heavy atom. The monoisotopic (exact) mass is 261 g/mol. The van der Waals surface area contributed by atoms with Crippen molar-refractivity contribution in [3.8, 4) is 0 Å². The highest BCUT2D eigenvalue weighted by molar-refractivity contribution is 5.74. The van der Waals surface area contributed by atoms with Gasteiger partial charge in [-0.1, -0.05) is 18.2 Å². The molecule has 0 radical (unpaired) electrons. The third-order valence-corrected chi connectivity index (χ3v) is 3.26. The summed E-state index contributed by atoms with van der Waals surface area (Å²) in [6.07, 6.45) is 6.33. The molecule has 5 heteroatoms. The smallest absolute Gasteiger partial charge is 0.315 e. The van der Waals surface area contributed by atoms with E-state index in [1.165, 1.54) is 0 Å². The lowest BCUT2D eigenvalue weighted by atomic mass is 10.1. The third kappa shape index (κ3) is 3.79. The molecular formula is C14H19N3O2. The minimum atomic E-state index is -0.210. The highest BCUT2D eigenvalue weighted by Crippen LogP contribution is 2.16. The molecule has 1 aromatic heterocycles. The Kier molecular flexibility index (Phi) is 4.52. The normalized spacial score (nSPS) is 21.4. The molecule has 2 rings (SSSR count). The summed E-state index contributed by atoms with van der Waals surface area (Å²) in [5.41, 5.74) is 1.93. The van der Waals surface area contributed by atoms with E-state index in [1.807, 2.05) is 31.2 Å². The molecule has 102 valence electrons. The van der Waals surface area contributed by atoms with Crippen LogP contribution in [0.3, 0.4) is 0 Å². The molecule has 0 fully saturated rings. The van der Waals surface area contributed by atoms with E-state index in [4.69, 9.17) is 5.11 Å². The van der Waals surface area contributed by atoms with Crippen LogP contribution in [0.4, 0.5) is 4.79 Å². The maximum Gasteiger partial charge on any atom is 0.315 e. The van der Waals surface area contributed by atoms with Crippen molar-refractivity contribution in [3.63, 3.8) is 0 Å². The molecule has 0 aromatic carbocycles. The topological polar surface area (TPSA) is 74.2 Å². The van der Waals surface area contributed by atoms with Crippen LogP contribution in [0.2, 0.25) is 0 Å². The van der Waals surface area contributed by atoms with Gasteiger partial charge in [-0.3, -0.25) is 4.98 Å². The minimum absolute atomic E-state index is 0.00183. The van der Waals surface area contributed by atoms with Gasteiger partial charge in [0.15, 0.2) is 0 Å². The van der Waals surface area contributed by atoms with Crippen molar-refractivity contribution in [2.45, 2.75) is 25.9 Å².